The zero-order valence-electron chi connectivity index (χ0n) is 13.7. The highest BCUT2D eigenvalue weighted by molar-refractivity contribution is 8.00. The molecule has 1 saturated carbocycles. The molecule has 1 N–H and O–H groups in total. The number of fused-ring (bicyclic) bond motifs is 1. The van der Waals surface area contributed by atoms with E-state index in [2.05, 4.69) is 56.0 Å². The minimum Gasteiger partial charge on any atom is -0.313 e. The molecule has 2 aliphatic carbocycles. The number of rotatable bonds is 4. The third-order valence-corrected chi connectivity index (χ3v) is 6.64. The van der Waals surface area contributed by atoms with Gasteiger partial charge in [0.05, 0.1) is 0 Å². The second kappa shape index (κ2) is 6.34. The van der Waals surface area contributed by atoms with Gasteiger partial charge in [-0.3, -0.25) is 0 Å². The smallest absolute Gasteiger partial charge is 0.0253 e. The van der Waals surface area contributed by atoms with Gasteiger partial charge in [-0.1, -0.05) is 33.3 Å². The summed E-state index contributed by atoms with van der Waals surface area (Å²) in [7, 11) is 0. The molecule has 1 fully saturated rings. The first-order chi connectivity index (χ1) is 10.1. The highest BCUT2D eigenvalue weighted by Gasteiger charge is 2.38. The molecule has 3 rings (SSSR count). The zero-order valence-corrected chi connectivity index (χ0v) is 14.6. The molecule has 0 heterocycles. The van der Waals surface area contributed by atoms with Gasteiger partial charge in [0.25, 0.3) is 0 Å². The lowest BCUT2D eigenvalue weighted by molar-refractivity contribution is 0.176. The van der Waals surface area contributed by atoms with Crippen LogP contribution in [0.5, 0.6) is 0 Å². The molecule has 2 atom stereocenters. The topological polar surface area (TPSA) is 12.0 Å². The van der Waals surface area contributed by atoms with Gasteiger partial charge in [0.15, 0.2) is 0 Å². The van der Waals surface area contributed by atoms with Crippen molar-refractivity contribution in [1.29, 1.82) is 0 Å². The van der Waals surface area contributed by atoms with Gasteiger partial charge in [-0.25, -0.2) is 0 Å². The molecule has 2 unspecified atom stereocenters. The Bertz CT molecular complexity index is 494. The maximum absolute atomic E-state index is 3.78. The van der Waals surface area contributed by atoms with Crippen molar-refractivity contribution in [2.45, 2.75) is 75.5 Å². The van der Waals surface area contributed by atoms with Crippen molar-refractivity contribution in [3.05, 3.63) is 29.3 Å². The average molecular weight is 304 g/mol. The Kier molecular flexibility index (Phi) is 4.66. The first kappa shape index (κ1) is 15.4. The molecule has 0 saturated heterocycles. The third kappa shape index (κ3) is 3.32. The molecule has 1 aromatic rings. The predicted octanol–water partition coefficient (Wildman–Crippen LogP) is 4.82. The Labute approximate surface area is 134 Å². The number of hydrogen-bond donors (Lipinski definition) is 1. The van der Waals surface area contributed by atoms with Crippen LogP contribution >= 0.6 is 11.8 Å². The van der Waals surface area contributed by atoms with Crippen LogP contribution in [0.2, 0.25) is 0 Å². The molecule has 0 aromatic heterocycles. The van der Waals surface area contributed by atoms with E-state index in [9.17, 15) is 0 Å². The summed E-state index contributed by atoms with van der Waals surface area (Å²) < 4.78 is 0. The SMILES string of the molecule is CCNC1C(Sc2ccc3c(c2)CCC3)CCCC1(C)C. The first-order valence-corrected chi connectivity index (χ1v) is 9.50. The van der Waals surface area contributed by atoms with Crippen LogP contribution in [0, 0.1) is 5.41 Å². The van der Waals surface area contributed by atoms with E-state index in [1.807, 2.05) is 0 Å². The molecular formula is C19H29NS. The summed E-state index contributed by atoms with van der Waals surface area (Å²) in [5.74, 6) is 0. The summed E-state index contributed by atoms with van der Waals surface area (Å²) in [4.78, 5) is 1.49. The molecule has 0 aliphatic heterocycles. The highest BCUT2D eigenvalue weighted by atomic mass is 32.2. The Morgan fingerprint density at radius 2 is 2.00 bits per heavy atom. The minimum atomic E-state index is 0.419. The van der Waals surface area contributed by atoms with E-state index in [0.717, 1.165) is 6.54 Å². The first-order valence-electron chi connectivity index (χ1n) is 8.62. The van der Waals surface area contributed by atoms with E-state index in [-0.39, 0.29) is 0 Å². The second-order valence-corrected chi connectivity index (χ2v) is 8.67. The van der Waals surface area contributed by atoms with Crippen molar-refractivity contribution in [2.24, 2.45) is 5.41 Å². The second-order valence-electron chi connectivity index (χ2n) is 7.36. The van der Waals surface area contributed by atoms with Crippen molar-refractivity contribution < 1.29 is 0 Å². The number of nitrogens with one attached hydrogen (secondary N) is 1. The fraction of sp³-hybridized carbons (Fsp3) is 0.684. The third-order valence-electron chi connectivity index (χ3n) is 5.30. The van der Waals surface area contributed by atoms with Crippen molar-refractivity contribution in [2.75, 3.05) is 6.54 Å². The molecular weight excluding hydrogens is 274 g/mol. The lowest BCUT2D eigenvalue weighted by Crippen LogP contribution is -2.51. The summed E-state index contributed by atoms with van der Waals surface area (Å²) in [5, 5.41) is 4.49. The monoisotopic (exact) mass is 303 g/mol. The van der Waals surface area contributed by atoms with Crippen LogP contribution in [0.1, 0.15) is 57.6 Å². The lowest BCUT2D eigenvalue weighted by Gasteiger charge is -2.44. The summed E-state index contributed by atoms with van der Waals surface area (Å²) >= 11 is 2.12. The molecule has 1 aromatic carbocycles. The van der Waals surface area contributed by atoms with Gasteiger partial charge in [0, 0.05) is 16.2 Å². The van der Waals surface area contributed by atoms with Crippen LogP contribution in [-0.4, -0.2) is 17.8 Å². The minimum absolute atomic E-state index is 0.419. The maximum Gasteiger partial charge on any atom is 0.0253 e. The quantitative estimate of drug-likeness (QED) is 0.855. The van der Waals surface area contributed by atoms with E-state index in [0.29, 0.717) is 16.7 Å². The number of benzene rings is 1. The van der Waals surface area contributed by atoms with Gasteiger partial charge in [-0.2, -0.15) is 0 Å². The maximum atomic E-state index is 3.78. The Morgan fingerprint density at radius 1 is 1.19 bits per heavy atom. The van der Waals surface area contributed by atoms with E-state index >= 15 is 0 Å². The van der Waals surface area contributed by atoms with Crippen LogP contribution < -0.4 is 5.32 Å². The van der Waals surface area contributed by atoms with Crippen molar-refractivity contribution >= 4 is 11.8 Å². The Balaban J connectivity index is 1.75. The largest absolute Gasteiger partial charge is 0.313 e. The molecule has 0 bridgehead atoms. The van der Waals surface area contributed by atoms with E-state index in [1.54, 1.807) is 11.1 Å². The van der Waals surface area contributed by atoms with Gasteiger partial charge in [-0.05, 0) is 67.3 Å². The van der Waals surface area contributed by atoms with Crippen LogP contribution in [0.4, 0.5) is 0 Å². The summed E-state index contributed by atoms with van der Waals surface area (Å²) in [6.07, 6.45) is 8.00. The van der Waals surface area contributed by atoms with E-state index < -0.39 is 0 Å². The zero-order chi connectivity index (χ0) is 14.9. The predicted molar refractivity (Wildman–Crippen MR) is 93.2 cm³/mol. The fourth-order valence-corrected chi connectivity index (χ4v) is 5.73. The van der Waals surface area contributed by atoms with Crippen molar-refractivity contribution in [3.8, 4) is 0 Å². The number of aryl methyl sites for hydroxylation is 2. The van der Waals surface area contributed by atoms with E-state index in [1.165, 1.54) is 43.4 Å². The number of hydrogen-bond acceptors (Lipinski definition) is 2. The normalized spacial score (nSPS) is 27.6. The van der Waals surface area contributed by atoms with Crippen molar-refractivity contribution in [3.63, 3.8) is 0 Å². The molecule has 0 spiro atoms. The Morgan fingerprint density at radius 3 is 2.81 bits per heavy atom. The molecule has 1 nitrogen and oxygen atoms in total. The molecule has 2 heteroatoms. The van der Waals surface area contributed by atoms with Gasteiger partial charge in [-0.15, -0.1) is 11.8 Å². The summed E-state index contributed by atoms with van der Waals surface area (Å²) in [5.41, 5.74) is 3.62. The van der Waals surface area contributed by atoms with Gasteiger partial charge in [0.1, 0.15) is 0 Å². The molecule has 0 amide bonds. The fourth-order valence-electron chi connectivity index (χ4n) is 4.14. The lowest BCUT2D eigenvalue weighted by atomic mass is 9.73. The van der Waals surface area contributed by atoms with Crippen LogP contribution in [-0.2, 0) is 12.8 Å². The van der Waals surface area contributed by atoms with Gasteiger partial charge in [0.2, 0.25) is 0 Å². The molecule has 2 aliphatic rings. The van der Waals surface area contributed by atoms with E-state index in [4.69, 9.17) is 0 Å². The highest BCUT2D eigenvalue weighted by Crippen LogP contribution is 2.43. The summed E-state index contributed by atoms with van der Waals surface area (Å²) in [6.45, 7) is 8.20. The molecule has 0 radical (unpaired) electrons. The summed E-state index contributed by atoms with van der Waals surface area (Å²) in [6, 6.07) is 7.84. The standard InChI is InChI=1S/C19H29NS/c1-4-20-18-17(9-6-12-19(18,2)3)21-16-11-10-14-7-5-8-15(14)13-16/h10-11,13,17-18,20H,4-9,12H2,1-3H3. The van der Waals surface area contributed by atoms with Crippen molar-refractivity contribution in [1.82, 2.24) is 5.32 Å². The Hall–Kier alpha value is -0.470. The van der Waals surface area contributed by atoms with Crippen LogP contribution in [0.15, 0.2) is 23.1 Å². The van der Waals surface area contributed by atoms with Gasteiger partial charge < -0.3 is 5.32 Å². The van der Waals surface area contributed by atoms with Gasteiger partial charge >= 0.3 is 0 Å². The molecule has 116 valence electrons. The van der Waals surface area contributed by atoms with Crippen LogP contribution in [0.25, 0.3) is 0 Å². The number of thioether (sulfide) groups is 1. The average Bonchev–Trinajstić information content (AvgIpc) is 2.90. The molecule has 21 heavy (non-hydrogen) atoms. The van der Waals surface area contributed by atoms with Crippen LogP contribution in [0.3, 0.4) is 0 Å².